The number of hydrogen-bond acceptors (Lipinski definition) is 7. The summed E-state index contributed by atoms with van der Waals surface area (Å²) in [7, 11) is 5.36. The first kappa shape index (κ1) is 52.7. The molecule has 0 aromatic carbocycles. The van der Waals surface area contributed by atoms with Crippen molar-refractivity contribution in [3.63, 3.8) is 0 Å². The molecule has 0 aliphatic rings. The molecule has 0 heterocycles. The summed E-state index contributed by atoms with van der Waals surface area (Å²) in [6, 6.07) is -0.746. The molecule has 0 aliphatic carbocycles. The summed E-state index contributed by atoms with van der Waals surface area (Å²) in [5.74, 6) is -1.85. The molecule has 8 nitrogen and oxygen atoms in total. The number of quaternary nitrogens is 1. The van der Waals surface area contributed by atoms with Crippen molar-refractivity contribution in [1.82, 2.24) is 0 Å². The highest BCUT2D eigenvalue weighted by molar-refractivity contribution is 5.70. The molecule has 0 rings (SSSR count). The van der Waals surface area contributed by atoms with Gasteiger partial charge in [-0.15, -0.1) is 0 Å². The highest BCUT2D eigenvalue weighted by Gasteiger charge is 2.25. The molecule has 318 valence electrons. The summed E-state index contributed by atoms with van der Waals surface area (Å²) in [6.45, 7) is 4.29. The zero-order valence-corrected chi connectivity index (χ0v) is 35.9. The van der Waals surface area contributed by atoms with E-state index in [4.69, 9.17) is 14.2 Å². The quantitative estimate of drug-likeness (QED) is 0.0207. The Morgan fingerprint density at radius 1 is 0.544 bits per heavy atom. The first-order valence-electron chi connectivity index (χ1n) is 21.2. The average Bonchev–Trinajstić information content (AvgIpc) is 3.17. The molecule has 0 N–H and O–H groups in total. The SMILES string of the molecule is CC/C=C/C=C/C=C/C=C/C=C/C=C/C=C/CCCCCC(=O)OC(COCCC(C(=O)[O-])[N+](C)(C)C)COC(=O)CCCCCC/C=C/C/C=C/C/C=C/CC. The highest BCUT2D eigenvalue weighted by Crippen LogP contribution is 2.11. The van der Waals surface area contributed by atoms with Crippen LogP contribution in [0.3, 0.4) is 0 Å². The number of unbranched alkanes of at least 4 members (excludes halogenated alkanes) is 7. The lowest BCUT2D eigenvalue weighted by Crippen LogP contribution is -2.55. The number of allylic oxidation sites excluding steroid dienone is 20. The van der Waals surface area contributed by atoms with Gasteiger partial charge >= 0.3 is 11.9 Å². The Kier molecular flexibility index (Phi) is 35.7. The van der Waals surface area contributed by atoms with Gasteiger partial charge in [0.05, 0.1) is 40.3 Å². The topological polar surface area (TPSA) is 102 Å². The summed E-state index contributed by atoms with van der Waals surface area (Å²) in [6.07, 6.45) is 53.6. The molecule has 0 saturated carbocycles. The van der Waals surface area contributed by atoms with Crippen molar-refractivity contribution in [2.75, 3.05) is 41.0 Å². The van der Waals surface area contributed by atoms with Crippen molar-refractivity contribution < 1.29 is 38.2 Å². The van der Waals surface area contributed by atoms with E-state index in [1.165, 1.54) is 0 Å². The predicted molar refractivity (Wildman–Crippen MR) is 235 cm³/mol. The van der Waals surface area contributed by atoms with E-state index in [1.54, 1.807) is 21.1 Å². The fraction of sp³-hybridized carbons (Fsp3) is 0.531. The van der Waals surface area contributed by atoms with Crippen LogP contribution in [0.5, 0.6) is 0 Å². The Balaban J connectivity index is 4.56. The van der Waals surface area contributed by atoms with Crippen LogP contribution in [0.15, 0.2) is 122 Å². The van der Waals surface area contributed by atoms with E-state index in [-0.39, 0.29) is 49.1 Å². The molecule has 0 aliphatic heterocycles. The van der Waals surface area contributed by atoms with E-state index in [9.17, 15) is 19.5 Å². The van der Waals surface area contributed by atoms with Gasteiger partial charge in [-0.05, 0) is 64.2 Å². The van der Waals surface area contributed by atoms with E-state index in [1.807, 2.05) is 72.9 Å². The van der Waals surface area contributed by atoms with Crippen molar-refractivity contribution >= 4 is 17.9 Å². The molecule has 0 amide bonds. The summed E-state index contributed by atoms with van der Waals surface area (Å²) >= 11 is 0. The molecular weight excluding hydrogens is 715 g/mol. The molecule has 57 heavy (non-hydrogen) atoms. The first-order chi connectivity index (χ1) is 27.6. The Morgan fingerprint density at radius 3 is 1.58 bits per heavy atom. The molecule has 0 spiro atoms. The van der Waals surface area contributed by atoms with E-state index < -0.39 is 18.1 Å². The molecule has 8 heteroatoms. The van der Waals surface area contributed by atoms with Crippen LogP contribution in [0.1, 0.15) is 117 Å². The lowest BCUT2D eigenvalue weighted by atomic mass is 10.1. The number of carboxylic acid groups (broad SMARTS) is 1. The third-order valence-electron chi connectivity index (χ3n) is 8.54. The van der Waals surface area contributed by atoms with Gasteiger partial charge in [-0.25, -0.2) is 0 Å². The van der Waals surface area contributed by atoms with Crippen molar-refractivity contribution in [1.29, 1.82) is 0 Å². The van der Waals surface area contributed by atoms with Crippen LogP contribution < -0.4 is 5.11 Å². The molecule has 2 unspecified atom stereocenters. The maximum Gasteiger partial charge on any atom is 0.306 e. The summed E-state index contributed by atoms with van der Waals surface area (Å²) in [5.41, 5.74) is 0. The first-order valence-corrected chi connectivity index (χ1v) is 21.2. The van der Waals surface area contributed by atoms with Crippen molar-refractivity contribution in [2.45, 2.75) is 129 Å². The molecule has 0 aromatic rings. The molecule has 0 radical (unpaired) electrons. The van der Waals surface area contributed by atoms with Crippen molar-refractivity contribution in [2.24, 2.45) is 0 Å². The van der Waals surface area contributed by atoms with Gasteiger partial charge in [-0.2, -0.15) is 0 Å². The van der Waals surface area contributed by atoms with Crippen LogP contribution >= 0.6 is 0 Å². The lowest BCUT2D eigenvalue weighted by molar-refractivity contribution is -0.889. The van der Waals surface area contributed by atoms with Crippen molar-refractivity contribution in [3.8, 4) is 0 Å². The second kappa shape index (κ2) is 38.6. The van der Waals surface area contributed by atoms with Crippen LogP contribution in [0.2, 0.25) is 0 Å². The zero-order valence-electron chi connectivity index (χ0n) is 35.9. The highest BCUT2D eigenvalue weighted by atomic mass is 16.6. The molecule has 2 atom stereocenters. The van der Waals surface area contributed by atoms with Gasteiger partial charge in [-0.1, -0.05) is 155 Å². The second-order valence-corrected chi connectivity index (χ2v) is 14.6. The Hall–Kier alpha value is -4.27. The van der Waals surface area contributed by atoms with Gasteiger partial charge in [0.15, 0.2) is 6.10 Å². The minimum Gasteiger partial charge on any atom is -0.544 e. The molecule has 0 fully saturated rings. The summed E-state index contributed by atoms with van der Waals surface area (Å²) in [4.78, 5) is 36.8. The zero-order chi connectivity index (χ0) is 42.1. The fourth-order valence-electron chi connectivity index (χ4n) is 5.30. The Morgan fingerprint density at radius 2 is 1.02 bits per heavy atom. The number of carboxylic acids is 1. The van der Waals surface area contributed by atoms with Gasteiger partial charge in [0.25, 0.3) is 0 Å². The maximum atomic E-state index is 12.7. The number of ether oxygens (including phenoxy) is 3. The number of esters is 2. The number of rotatable bonds is 35. The number of likely N-dealkylation sites (N-methyl/N-ethyl adjacent to an activating group) is 1. The van der Waals surface area contributed by atoms with Crippen molar-refractivity contribution in [3.05, 3.63) is 122 Å². The number of hydrogen-bond donors (Lipinski definition) is 0. The number of carbonyl (C=O) groups is 3. The Bertz CT molecular complexity index is 1340. The minimum atomic E-state index is -1.14. The van der Waals surface area contributed by atoms with Gasteiger partial charge in [-0.3, -0.25) is 9.59 Å². The van der Waals surface area contributed by atoms with Crippen LogP contribution in [-0.2, 0) is 28.6 Å². The number of aliphatic carboxylic acids is 1. The fourth-order valence-corrected chi connectivity index (χ4v) is 5.30. The third-order valence-corrected chi connectivity index (χ3v) is 8.54. The molecule has 0 aromatic heterocycles. The van der Waals surface area contributed by atoms with E-state index >= 15 is 0 Å². The smallest absolute Gasteiger partial charge is 0.306 e. The largest absolute Gasteiger partial charge is 0.544 e. The van der Waals surface area contributed by atoms with Gasteiger partial charge in [0.1, 0.15) is 12.6 Å². The van der Waals surface area contributed by atoms with Crippen LogP contribution in [0.4, 0.5) is 0 Å². The van der Waals surface area contributed by atoms with Crippen LogP contribution in [0, 0.1) is 0 Å². The summed E-state index contributed by atoms with van der Waals surface area (Å²) < 4.78 is 17.1. The Labute approximate surface area is 346 Å². The van der Waals surface area contributed by atoms with E-state index in [0.717, 1.165) is 77.0 Å². The maximum absolute atomic E-state index is 12.7. The average molecular weight is 790 g/mol. The standard InChI is InChI=1S/C49H75NO7/c1-6-8-10-12-14-16-18-20-22-23-24-25-26-28-30-32-34-36-38-40-48(52)57-45(43-55-42-41-46(49(53)54)50(3,4)5)44-56-47(51)39-37-35-33-31-29-27-21-19-17-15-13-11-9-7-2/h8-12,14-18,20-28,30,45-46H,6-7,13,19,29,31-44H2,1-5H3/b10-8+,11-9+,14-12+,17-15+,18-16+,22-20+,24-23+,26-25+,27-21+,30-28+. The predicted octanol–water partition coefficient (Wildman–Crippen LogP) is 10.1. The van der Waals surface area contributed by atoms with Gasteiger partial charge < -0.3 is 28.6 Å². The number of carbonyl (C=O) groups excluding carboxylic acids is 3. The minimum absolute atomic E-state index is 0.00474. The molecular formula is C49H75NO7. The third kappa shape index (κ3) is 37.1. The lowest BCUT2D eigenvalue weighted by Gasteiger charge is -2.34. The van der Waals surface area contributed by atoms with Crippen LogP contribution in [0.25, 0.3) is 0 Å². The van der Waals surface area contributed by atoms with Gasteiger partial charge in [0.2, 0.25) is 0 Å². The van der Waals surface area contributed by atoms with E-state index in [0.29, 0.717) is 12.8 Å². The summed E-state index contributed by atoms with van der Waals surface area (Å²) in [5, 5.41) is 11.6. The van der Waals surface area contributed by atoms with Crippen LogP contribution in [-0.4, -0.2) is 75.5 Å². The second-order valence-electron chi connectivity index (χ2n) is 14.6. The number of nitrogens with zero attached hydrogens (tertiary/aromatic N) is 1. The molecule has 0 bridgehead atoms. The molecule has 0 saturated heterocycles. The normalized spacial score (nSPS) is 14.2. The van der Waals surface area contributed by atoms with E-state index in [2.05, 4.69) is 62.5 Å². The monoisotopic (exact) mass is 790 g/mol. The van der Waals surface area contributed by atoms with Gasteiger partial charge in [0, 0.05) is 19.3 Å².